The Hall–Kier alpha value is -0.690. The Kier molecular flexibility index (Phi) is 4.33. The lowest BCUT2D eigenvalue weighted by molar-refractivity contribution is -0.133. The number of carbonyl (C=O) groups excluding carboxylic acids is 1. The molecule has 2 rings (SSSR count). The fourth-order valence-corrected chi connectivity index (χ4v) is 2.22. The number of carbonyl (C=O) groups is 1. The lowest BCUT2D eigenvalue weighted by Crippen LogP contribution is -2.56. The van der Waals surface area contributed by atoms with E-state index in [1.807, 2.05) is 6.92 Å². The van der Waals surface area contributed by atoms with E-state index in [1.165, 1.54) is 0 Å². The number of nitrogens with zero attached hydrogens (tertiary/aromatic N) is 1. The number of morpholine rings is 1. The van der Waals surface area contributed by atoms with Gasteiger partial charge in [-0.1, -0.05) is 6.92 Å². The summed E-state index contributed by atoms with van der Waals surface area (Å²) < 4.78 is 10.4. The first-order valence-corrected chi connectivity index (χ1v) is 6.10. The molecule has 2 heterocycles. The number of amides is 1. The van der Waals surface area contributed by atoms with Crippen molar-refractivity contribution in [2.45, 2.75) is 25.1 Å². The van der Waals surface area contributed by atoms with Crippen molar-refractivity contribution in [3.63, 3.8) is 0 Å². The van der Waals surface area contributed by atoms with Crippen LogP contribution >= 0.6 is 0 Å². The van der Waals surface area contributed by atoms with Gasteiger partial charge >= 0.3 is 0 Å². The van der Waals surface area contributed by atoms with Crippen LogP contribution in [0.5, 0.6) is 0 Å². The van der Waals surface area contributed by atoms with E-state index in [2.05, 4.69) is 10.2 Å². The Bertz CT molecular complexity index is 274. The Labute approximate surface area is 101 Å². The summed E-state index contributed by atoms with van der Waals surface area (Å²) in [7, 11) is 0. The molecule has 17 heavy (non-hydrogen) atoms. The number of hydrogen-bond donors (Lipinski definition) is 2. The molecule has 0 radical (unpaired) electrons. The lowest BCUT2D eigenvalue weighted by atomic mass is 10.1. The average molecular weight is 244 g/mol. The Morgan fingerprint density at radius 2 is 2.24 bits per heavy atom. The van der Waals surface area contributed by atoms with Crippen molar-refractivity contribution in [3.05, 3.63) is 0 Å². The van der Waals surface area contributed by atoms with Crippen LogP contribution in [0.4, 0.5) is 0 Å². The van der Waals surface area contributed by atoms with Gasteiger partial charge in [-0.25, -0.2) is 0 Å². The van der Waals surface area contributed by atoms with Crippen LogP contribution in [-0.4, -0.2) is 73.6 Å². The molecule has 0 aromatic carbocycles. The molecule has 0 aliphatic carbocycles. The van der Waals surface area contributed by atoms with Gasteiger partial charge in [-0.15, -0.1) is 0 Å². The van der Waals surface area contributed by atoms with Crippen molar-refractivity contribution in [2.75, 3.05) is 39.5 Å². The molecule has 6 heteroatoms. The van der Waals surface area contributed by atoms with Crippen LogP contribution in [0, 0.1) is 0 Å². The minimum absolute atomic E-state index is 0.0823. The second-order valence-corrected chi connectivity index (χ2v) is 4.44. The van der Waals surface area contributed by atoms with Gasteiger partial charge in [0.25, 0.3) is 0 Å². The lowest BCUT2D eigenvalue weighted by Gasteiger charge is -2.34. The van der Waals surface area contributed by atoms with Crippen molar-refractivity contribution in [2.24, 2.45) is 0 Å². The van der Waals surface area contributed by atoms with Gasteiger partial charge in [0.1, 0.15) is 6.04 Å². The number of likely N-dealkylation sites (N-methyl/N-ethyl adjacent to an activating group) is 1. The fourth-order valence-electron chi connectivity index (χ4n) is 2.22. The number of nitrogens with one attached hydrogen (secondary N) is 1. The SMILES string of the molecule is CCN1CCOCC1C(=O)N[C@@H]1COC[C@H]1O. The Morgan fingerprint density at radius 1 is 1.41 bits per heavy atom. The van der Waals surface area contributed by atoms with Gasteiger partial charge in [-0.2, -0.15) is 0 Å². The van der Waals surface area contributed by atoms with E-state index in [-0.39, 0.29) is 18.0 Å². The molecule has 0 spiro atoms. The fraction of sp³-hybridized carbons (Fsp3) is 0.909. The number of aliphatic hydroxyl groups is 1. The summed E-state index contributed by atoms with van der Waals surface area (Å²) in [5.74, 6) is -0.0823. The van der Waals surface area contributed by atoms with Gasteiger partial charge < -0.3 is 19.9 Å². The maximum Gasteiger partial charge on any atom is 0.240 e. The quantitative estimate of drug-likeness (QED) is 0.638. The largest absolute Gasteiger partial charge is 0.388 e. The second kappa shape index (κ2) is 5.77. The van der Waals surface area contributed by atoms with E-state index >= 15 is 0 Å². The summed E-state index contributed by atoms with van der Waals surface area (Å²) in [6, 6.07) is -0.537. The highest BCUT2D eigenvalue weighted by Crippen LogP contribution is 2.09. The molecule has 2 saturated heterocycles. The third-order valence-corrected chi connectivity index (χ3v) is 3.33. The van der Waals surface area contributed by atoms with Gasteiger partial charge in [0.05, 0.1) is 38.6 Å². The maximum absolute atomic E-state index is 12.1. The standard InChI is InChI=1S/C11H20N2O4/c1-2-13-3-4-16-6-9(13)11(15)12-8-5-17-7-10(8)14/h8-10,14H,2-7H2,1H3,(H,12,15)/t8-,9?,10-/m1/s1. The van der Waals surface area contributed by atoms with E-state index in [1.54, 1.807) is 0 Å². The van der Waals surface area contributed by atoms with Crippen LogP contribution in [0.2, 0.25) is 0 Å². The van der Waals surface area contributed by atoms with Gasteiger partial charge in [-0.3, -0.25) is 9.69 Å². The smallest absolute Gasteiger partial charge is 0.240 e. The number of hydrogen-bond acceptors (Lipinski definition) is 5. The molecule has 2 aliphatic heterocycles. The van der Waals surface area contributed by atoms with Crippen molar-refractivity contribution < 1.29 is 19.4 Å². The third kappa shape index (κ3) is 2.95. The molecule has 2 fully saturated rings. The molecule has 2 aliphatic rings. The normalized spacial score (nSPS) is 34.8. The van der Waals surface area contributed by atoms with E-state index < -0.39 is 6.10 Å². The third-order valence-electron chi connectivity index (χ3n) is 3.33. The predicted molar refractivity (Wildman–Crippen MR) is 60.6 cm³/mol. The summed E-state index contributed by atoms with van der Waals surface area (Å²) in [5.41, 5.74) is 0. The summed E-state index contributed by atoms with van der Waals surface area (Å²) >= 11 is 0. The topological polar surface area (TPSA) is 71.0 Å². The molecule has 6 nitrogen and oxygen atoms in total. The van der Waals surface area contributed by atoms with Crippen molar-refractivity contribution in [1.82, 2.24) is 10.2 Å². The highest BCUT2D eigenvalue weighted by molar-refractivity contribution is 5.82. The van der Waals surface area contributed by atoms with Gasteiger partial charge in [0.15, 0.2) is 0 Å². The molecule has 0 saturated carbocycles. The molecular formula is C11H20N2O4. The van der Waals surface area contributed by atoms with E-state index in [0.29, 0.717) is 26.4 Å². The minimum Gasteiger partial charge on any atom is -0.388 e. The Balaban J connectivity index is 1.89. The van der Waals surface area contributed by atoms with Crippen LogP contribution in [0.1, 0.15) is 6.92 Å². The summed E-state index contributed by atoms with van der Waals surface area (Å²) in [6.07, 6.45) is -0.599. The highest BCUT2D eigenvalue weighted by Gasteiger charge is 2.33. The zero-order valence-electron chi connectivity index (χ0n) is 10.1. The molecule has 1 unspecified atom stereocenters. The van der Waals surface area contributed by atoms with E-state index in [4.69, 9.17) is 9.47 Å². The van der Waals surface area contributed by atoms with Gasteiger partial charge in [-0.05, 0) is 6.54 Å². The van der Waals surface area contributed by atoms with E-state index in [9.17, 15) is 9.90 Å². The maximum atomic E-state index is 12.1. The molecule has 0 bridgehead atoms. The van der Waals surface area contributed by atoms with Crippen LogP contribution in [-0.2, 0) is 14.3 Å². The average Bonchev–Trinajstić information content (AvgIpc) is 2.75. The van der Waals surface area contributed by atoms with Crippen LogP contribution < -0.4 is 5.32 Å². The first kappa shape index (κ1) is 12.8. The zero-order valence-corrected chi connectivity index (χ0v) is 10.1. The van der Waals surface area contributed by atoms with Gasteiger partial charge in [0.2, 0.25) is 5.91 Å². The molecule has 3 atom stereocenters. The van der Waals surface area contributed by atoms with Crippen molar-refractivity contribution in [1.29, 1.82) is 0 Å². The van der Waals surface area contributed by atoms with Gasteiger partial charge in [0, 0.05) is 6.54 Å². The summed E-state index contributed by atoms with van der Waals surface area (Å²) in [5, 5.41) is 12.4. The first-order valence-electron chi connectivity index (χ1n) is 6.10. The number of rotatable bonds is 3. The molecule has 1 amide bonds. The highest BCUT2D eigenvalue weighted by atomic mass is 16.5. The molecular weight excluding hydrogens is 224 g/mol. The number of aliphatic hydroxyl groups excluding tert-OH is 1. The monoisotopic (exact) mass is 244 g/mol. The predicted octanol–water partition coefficient (Wildman–Crippen LogP) is -1.42. The van der Waals surface area contributed by atoms with Crippen LogP contribution in [0.15, 0.2) is 0 Å². The second-order valence-electron chi connectivity index (χ2n) is 4.44. The molecule has 0 aromatic rings. The number of ether oxygens (including phenoxy) is 2. The first-order chi connectivity index (χ1) is 8.22. The van der Waals surface area contributed by atoms with Crippen molar-refractivity contribution in [3.8, 4) is 0 Å². The molecule has 0 aromatic heterocycles. The molecule has 98 valence electrons. The van der Waals surface area contributed by atoms with Crippen LogP contribution in [0.25, 0.3) is 0 Å². The van der Waals surface area contributed by atoms with Crippen molar-refractivity contribution >= 4 is 5.91 Å². The molecule has 2 N–H and O–H groups in total. The zero-order chi connectivity index (χ0) is 12.3. The summed E-state index contributed by atoms with van der Waals surface area (Å²) in [4.78, 5) is 14.2. The van der Waals surface area contributed by atoms with E-state index in [0.717, 1.165) is 13.1 Å². The van der Waals surface area contributed by atoms with Crippen LogP contribution in [0.3, 0.4) is 0 Å². The Morgan fingerprint density at radius 3 is 2.88 bits per heavy atom. The minimum atomic E-state index is -0.599. The summed E-state index contributed by atoms with van der Waals surface area (Å²) in [6.45, 7) is 5.40.